The standard InChI is InChI=1S/C12H10N2O4/c1-18-6-2-3-8-7(4-6)12(10(16)13-8)5-9(15)14-11(12)17/h2-4H,5H2,1H3,(H,13,16)(H,14,15,17). The third-order valence-corrected chi connectivity index (χ3v) is 3.39. The first-order valence-corrected chi connectivity index (χ1v) is 5.42. The summed E-state index contributed by atoms with van der Waals surface area (Å²) in [5.74, 6) is -0.936. The van der Waals surface area contributed by atoms with Crippen LogP contribution in [0.2, 0.25) is 0 Å². The fraction of sp³-hybridized carbons (Fsp3) is 0.250. The van der Waals surface area contributed by atoms with Crippen LogP contribution in [0.4, 0.5) is 5.69 Å². The van der Waals surface area contributed by atoms with E-state index in [2.05, 4.69) is 10.6 Å². The lowest BCUT2D eigenvalue weighted by atomic mass is 9.80. The molecule has 3 amide bonds. The maximum atomic E-state index is 12.0. The van der Waals surface area contributed by atoms with Gasteiger partial charge in [0.05, 0.1) is 13.5 Å². The molecule has 0 saturated carbocycles. The second-order valence-electron chi connectivity index (χ2n) is 4.33. The number of amides is 3. The molecule has 2 aliphatic heterocycles. The number of methoxy groups -OCH3 is 1. The molecule has 2 aliphatic rings. The lowest BCUT2D eigenvalue weighted by molar-refractivity contribution is -0.131. The van der Waals surface area contributed by atoms with Crippen molar-refractivity contribution in [3.05, 3.63) is 23.8 Å². The lowest BCUT2D eigenvalue weighted by Gasteiger charge is -2.16. The minimum atomic E-state index is -1.43. The van der Waals surface area contributed by atoms with Gasteiger partial charge in [-0.05, 0) is 18.2 Å². The Morgan fingerprint density at radius 3 is 2.50 bits per heavy atom. The highest BCUT2D eigenvalue weighted by atomic mass is 16.5. The highest BCUT2D eigenvalue weighted by Crippen LogP contribution is 2.44. The Morgan fingerprint density at radius 2 is 1.89 bits per heavy atom. The van der Waals surface area contributed by atoms with Gasteiger partial charge in [-0.3, -0.25) is 19.7 Å². The number of carbonyl (C=O) groups is 3. The average Bonchev–Trinajstić information content (AvgIpc) is 2.79. The maximum absolute atomic E-state index is 12.0. The maximum Gasteiger partial charge on any atom is 0.247 e. The summed E-state index contributed by atoms with van der Waals surface area (Å²) < 4.78 is 5.08. The summed E-state index contributed by atoms with van der Waals surface area (Å²) in [5, 5.41) is 4.80. The number of ether oxygens (including phenoxy) is 1. The molecule has 1 spiro atoms. The molecular formula is C12H10N2O4. The van der Waals surface area contributed by atoms with Crippen molar-refractivity contribution in [3.8, 4) is 5.75 Å². The molecule has 2 heterocycles. The molecule has 6 nitrogen and oxygen atoms in total. The largest absolute Gasteiger partial charge is 0.497 e. The van der Waals surface area contributed by atoms with E-state index in [-0.39, 0.29) is 6.42 Å². The third-order valence-electron chi connectivity index (χ3n) is 3.39. The van der Waals surface area contributed by atoms with Crippen molar-refractivity contribution < 1.29 is 19.1 Å². The van der Waals surface area contributed by atoms with Crippen molar-refractivity contribution in [2.45, 2.75) is 11.8 Å². The van der Waals surface area contributed by atoms with E-state index in [0.717, 1.165) is 0 Å². The molecule has 1 aromatic carbocycles. The number of benzene rings is 1. The molecule has 3 rings (SSSR count). The van der Waals surface area contributed by atoms with Gasteiger partial charge in [-0.2, -0.15) is 0 Å². The van der Waals surface area contributed by atoms with E-state index in [0.29, 0.717) is 17.0 Å². The Hall–Kier alpha value is -2.37. The summed E-state index contributed by atoms with van der Waals surface area (Å²) in [6.07, 6.45) is -0.155. The number of anilines is 1. The van der Waals surface area contributed by atoms with Crippen LogP contribution in [-0.4, -0.2) is 24.8 Å². The third kappa shape index (κ3) is 1.14. The molecule has 0 aromatic heterocycles. The number of rotatable bonds is 1. The molecule has 1 atom stereocenters. The van der Waals surface area contributed by atoms with Crippen LogP contribution in [0, 0.1) is 0 Å². The van der Waals surface area contributed by atoms with Crippen LogP contribution in [-0.2, 0) is 19.8 Å². The minimum Gasteiger partial charge on any atom is -0.497 e. The number of imide groups is 1. The second kappa shape index (κ2) is 3.32. The Morgan fingerprint density at radius 1 is 1.17 bits per heavy atom. The Labute approximate surface area is 102 Å². The topological polar surface area (TPSA) is 84.5 Å². The molecule has 0 aliphatic carbocycles. The number of hydrogen-bond donors (Lipinski definition) is 2. The van der Waals surface area contributed by atoms with Crippen LogP contribution in [0.1, 0.15) is 12.0 Å². The van der Waals surface area contributed by atoms with Gasteiger partial charge in [0, 0.05) is 11.3 Å². The molecular weight excluding hydrogens is 236 g/mol. The van der Waals surface area contributed by atoms with Crippen LogP contribution < -0.4 is 15.4 Å². The SMILES string of the molecule is COc1ccc2c(c1)C1(CC(=O)NC1=O)C(=O)N2. The molecule has 6 heteroatoms. The fourth-order valence-corrected chi connectivity index (χ4v) is 2.46. The van der Waals surface area contributed by atoms with E-state index in [1.807, 2.05) is 0 Å². The van der Waals surface area contributed by atoms with E-state index >= 15 is 0 Å². The summed E-state index contributed by atoms with van der Waals surface area (Å²) in [4.78, 5) is 35.4. The van der Waals surface area contributed by atoms with E-state index in [9.17, 15) is 14.4 Å². The zero-order valence-electron chi connectivity index (χ0n) is 9.57. The first kappa shape index (κ1) is 10.8. The van der Waals surface area contributed by atoms with Gasteiger partial charge in [0.1, 0.15) is 5.75 Å². The zero-order valence-corrected chi connectivity index (χ0v) is 9.57. The quantitative estimate of drug-likeness (QED) is 0.536. The van der Waals surface area contributed by atoms with Gasteiger partial charge in [-0.1, -0.05) is 0 Å². The molecule has 0 bridgehead atoms. The van der Waals surface area contributed by atoms with Gasteiger partial charge in [-0.15, -0.1) is 0 Å². The molecule has 1 fully saturated rings. The van der Waals surface area contributed by atoms with E-state index in [1.165, 1.54) is 7.11 Å². The van der Waals surface area contributed by atoms with Crippen LogP contribution >= 0.6 is 0 Å². The first-order chi connectivity index (χ1) is 8.57. The van der Waals surface area contributed by atoms with Gasteiger partial charge in [0.2, 0.25) is 17.7 Å². The fourth-order valence-electron chi connectivity index (χ4n) is 2.46. The highest BCUT2D eigenvalue weighted by Gasteiger charge is 2.58. The number of fused-ring (bicyclic) bond motifs is 2. The monoisotopic (exact) mass is 246 g/mol. The Kier molecular flexibility index (Phi) is 1.98. The summed E-state index contributed by atoms with van der Waals surface area (Å²) in [6.45, 7) is 0. The molecule has 18 heavy (non-hydrogen) atoms. The second-order valence-corrected chi connectivity index (χ2v) is 4.33. The van der Waals surface area contributed by atoms with E-state index < -0.39 is 23.1 Å². The lowest BCUT2D eigenvalue weighted by Crippen LogP contribution is -2.41. The molecule has 2 N–H and O–H groups in total. The van der Waals surface area contributed by atoms with E-state index in [1.54, 1.807) is 18.2 Å². The summed E-state index contributed by atoms with van der Waals surface area (Å²) in [6, 6.07) is 4.97. The minimum absolute atomic E-state index is 0.155. The van der Waals surface area contributed by atoms with Crippen molar-refractivity contribution in [2.24, 2.45) is 0 Å². The molecule has 1 unspecified atom stereocenters. The van der Waals surface area contributed by atoms with Gasteiger partial charge in [0.25, 0.3) is 0 Å². The molecule has 0 radical (unpaired) electrons. The highest BCUT2D eigenvalue weighted by molar-refractivity contribution is 6.28. The number of carbonyl (C=O) groups excluding carboxylic acids is 3. The molecule has 1 aromatic rings. The summed E-state index contributed by atoms with van der Waals surface area (Å²) in [7, 11) is 1.50. The van der Waals surface area contributed by atoms with Gasteiger partial charge in [-0.25, -0.2) is 0 Å². The molecule has 1 saturated heterocycles. The van der Waals surface area contributed by atoms with Crippen LogP contribution in [0.25, 0.3) is 0 Å². The Balaban J connectivity index is 2.22. The Bertz CT molecular complexity index is 596. The van der Waals surface area contributed by atoms with Crippen LogP contribution in [0.3, 0.4) is 0 Å². The predicted octanol–water partition coefficient (Wildman–Crippen LogP) is -0.0684. The summed E-state index contributed by atoms with van der Waals surface area (Å²) >= 11 is 0. The normalized spacial score (nSPS) is 25.1. The first-order valence-electron chi connectivity index (χ1n) is 5.42. The molecule has 92 valence electrons. The zero-order chi connectivity index (χ0) is 12.9. The van der Waals surface area contributed by atoms with Gasteiger partial charge < -0.3 is 10.1 Å². The van der Waals surface area contributed by atoms with Crippen molar-refractivity contribution in [3.63, 3.8) is 0 Å². The van der Waals surface area contributed by atoms with Crippen LogP contribution in [0.15, 0.2) is 18.2 Å². The van der Waals surface area contributed by atoms with Crippen molar-refractivity contribution >= 4 is 23.4 Å². The smallest absolute Gasteiger partial charge is 0.247 e. The summed E-state index contributed by atoms with van der Waals surface area (Å²) in [5.41, 5.74) is -0.387. The average molecular weight is 246 g/mol. The van der Waals surface area contributed by atoms with Crippen molar-refractivity contribution in [1.29, 1.82) is 0 Å². The van der Waals surface area contributed by atoms with Gasteiger partial charge in [0.15, 0.2) is 5.41 Å². The number of hydrogen-bond acceptors (Lipinski definition) is 4. The number of nitrogens with one attached hydrogen (secondary N) is 2. The predicted molar refractivity (Wildman–Crippen MR) is 61.1 cm³/mol. The van der Waals surface area contributed by atoms with Crippen molar-refractivity contribution in [1.82, 2.24) is 5.32 Å². The van der Waals surface area contributed by atoms with Crippen molar-refractivity contribution in [2.75, 3.05) is 12.4 Å². The van der Waals surface area contributed by atoms with Crippen LogP contribution in [0.5, 0.6) is 5.75 Å². The van der Waals surface area contributed by atoms with E-state index in [4.69, 9.17) is 4.74 Å². The van der Waals surface area contributed by atoms with Gasteiger partial charge >= 0.3 is 0 Å².